The summed E-state index contributed by atoms with van der Waals surface area (Å²) < 4.78 is 13.8. The van der Waals surface area contributed by atoms with Crippen LogP contribution in [0.3, 0.4) is 0 Å². The molecule has 0 radical (unpaired) electrons. The predicted molar refractivity (Wildman–Crippen MR) is 123 cm³/mol. The number of hydrogen-bond donors (Lipinski definition) is 3. The van der Waals surface area contributed by atoms with Crippen LogP contribution in [0.1, 0.15) is 29.7 Å². The molecule has 0 aromatic heterocycles. The van der Waals surface area contributed by atoms with Gasteiger partial charge in [-0.05, 0) is 43.4 Å². The number of halogens is 2. The zero-order valence-corrected chi connectivity index (χ0v) is 19.0. The highest BCUT2D eigenvalue weighted by Gasteiger charge is 2.12. The molecule has 0 saturated heterocycles. The summed E-state index contributed by atoms with van der Waals surface area (Å²) in [6, 6.07) is 12.6. The summed E-state index contributed by atoms with van der Waals surface area (Å²) in [7, 11) is 0. The zero-order valence-electron chi connectivity index (χ0n) is 15.8. The summed E-state index contributed by atoms with van der Waals surface area (Å²) in [6.45, 7) is 5.45. The fraction of sp³-hybridized carbons (Fsp3) is 0.350. The van der Waals surface area contributed by atoms with Gasteiger partial charge in [0.1, 0.15) is 5.82 Å². The van der Waals surface area contributed by atoms with Gasteiger partial charge in [-0.15, -0.1) is 35.7 Å². The SMILES string of the molecule is CCNC(=NCc1ccc(C)cc1SC)NCC(O)c1ccccc1F.I. The van der Waals surface area contributed by atoms with Gasteiger partial charge >= 0.3 is 0 Å². The van der Waals surface area contributed by atoms with Crippen molar-refractivity contribution < 1.29 is 9.50 Å². The van der Waals surface area contributed by atoms with Crippen LogP contribution >= 0.6 is 35.7 Å². The first-order chi connectivity index (χ1) is 12.5. The van der Waals surface area contributed by atoms with E-state index in [0.29, 0.717) is 19.0 Å². The van der Waals surface area contributed by atoms with Crippen LogP contribution in [-0.4, -0.2) is 30.4 Å². The minimum absolute atomic E-state index is 0. The summed E-state index contributed by atoms with van der Waals surface area (Å²) in [5, 5.41) is 16.5. The third kappa shape index (κ3) is 7.31. The van der Waals surface area contributed by atoms with Gasteiger partial charge in [-0.2, -0.15) is 0 Å². The van der Waals surface area contributed by atoms with Crippen LogP contribution in [0.4, 0.5) is 4.39 Å². The molecule has 2 aromatic carbocycles. The Morgan fingerprint density at radius 2 is 1.96 bits per heavy atom. The lowest BCUT2D eigenvalue weighted by molar-refractivity contribution is 0.176. The average molecular weight is 503 g/mol. The van der Waals surface area contributed by atoms with Crippen molar-refractivity contribution in [3.05, 3.63) is 65.0 Å². The van der Waals surface area contributed by atoms with Gasteiger partial charge in [0, 0.05) is 23.5 Å². The Kier molecular flexibility index (Phi) is 10.7. The molecular formula is C20H27FIN3OS. The Labute approximate surface area is 182 Å². The molecule has 0 heterocycles. The van der Waals surface area contributed by atoms with Gasteiger partial charge in [0.25, 0.3) is 0 Å². The molecule has 148 valence electrons. The molecule has 0 spiro atoms. The number of aliphatic imine (C=N–C) groups is 1. The average Bonchev–Trinajstić information content (AvgIpc) is 2.64. The van der Waals surface area contributed by atoms with E-state index >= 15 is 0 Å². The van der Waals surface area contributed by atoms with E-state index in [1.807, 2.05) is 6.92 Å². The fourth-order valence-corrected chi connectivity index (χ4v) is 3.24. The van der Waals surface area contributed by atoms with Crippen molar-refractivity contribution in [2.24, 2.45) is 4.99 Å². The third-order valence-corrected chi connectivity index (χ3v) is 4.74. The minimum Gasteiger partial charge on any atom is -0.386 e. The molecule has 0 bridgehead atoms. The number of aryl methyl sites for hydroxylation is 1. The highest BCUT2D eigenvalue weighted by atomic mass is 127. The molecule has 0 aliphatic rings. The highest BCUT2D eigenvalue weighted by molar-refractivity contribution is 14.0. The molecule has 2 rings (SSSR count). The van der Waals surface area contributed by atoms with Gasteiger partial charge in [0.15, 0.2) is 5.96 Å². The van der Waals surface area contributed by atoms with Gasteiger partial charge in [0.05, 0.1) is 12.6 Å². The molecule has 1 atom stereocenters. The first-order valence-corrected chi connectivity index (χ1v) is 9.85. The van der Waals surface area contributed by atoms with Crippen LogP contribution in [0.5, 0.6) is 0 Å². The number of guanidine groups is 1. The molecule has 7 heteroatoms. The number of nitrogens with one attached hydrogen (secondary N) is 2. The monoisotopic (exact) mass is 503 g/mol. The van der Waals surface area contributed by atoms with E-state index in [1.165, 1.54) is 16.5 Å². The largest absolute Gasteiger partial charge is 0.386 e. The van der Waals surface area contributed by atoms with Gasteiger partial charge in [-0.3, -0.25) is 0 Å². The molecule has 0 aliphatic heterocycles. The normalized spacial score (nSPS) is 12.3. The van der Waals surface area contributed by atoms with E-state index in [2.05, 4.69) is 47.0 Å². The molecule has 4 nitrogen and oxygen atoms in total. The second-order valence-electron chi connectivity index (χ2n) is 5.93. The van der Waals surface area contributed by atoms with Crippen molar-refractivity contribution in [1.29, 1.82) is 0 Å². The molecule has 0 fully saturated rings. The van der Waals surface area contributed by atoms with E-state index in [-0.39, 0.29) is 36.1 Å². The lowest BCUT2D eigenvalue weighted by Gasteiger charge is -2.16. The second kappa shape index (κ2) is 12.2. The molecule has 2 aromatic rings. The van der Waals surface area contributed by atoms with Gasteiger partial charge in [-0.1, -0.05) is 30.3 Å². The Hall–Kier alpha value is -1.32. The first-order valence-electron chi connectivity index (χ1n) is 8.63. The van der Waals surface area contributed by atoms with Crippen LogP contribution in [-0.2, 0) is 6.54 Å². The van der Waals surface area contributed by atoms with Crippen molar-refractivity contribution in [1.82, 2.24) is 10.6 Å². The topological polar surface area (TPSA) is 56.7 Å². The lowest BCUT2D eigenvalue weighted by Crippen LogP contribution is -2.39. The number of hydrogen-bond acceptors (Lipinski definition) is 3. The Balaban J connectivity index is 0.00000364. The van der Waals surface area contributed by atoms with E-state index in [0.717, 1.165) is 5.56 Å². The molecular weight excluding hydrogens is 476 g/mol. The Morgan fingerprint density at radius 3 is 2.63 bits per heavy atom. The molecule has 0 amide bonds. The molecule has 0 saturated carbocycles. The maximum atomic E-state index is 13.8. The van der Waals surface area contributed by atoms with Crippen LogP contribution in [0.15, 0.2) is 52.4 Å². The number of nitrogens with zero attached hydrogens (tertiary/aromatic N) is 1. The standard InChI is InChI=1S/C20H26FN3OS.HI/c1-4-22-20(23-12-15-10-9-14(2)11-19(15)26-3)24-13-18(25)16-7-5-6-8-17(16)21;/h5-11,18,25H,4,12-13H2,1-3H3,(H2,22,23,24);1H. The van der Waals surface area contributed by atoms with E-state index in [4.69, 9.17) is 0 Å². The van der Waals surface area contributed by atoms with Crippen LogP contribution < -0.4 is 10.6 Å². The summed E-state index contributed by atoms with van der Waals surface area (Å²) in [5.41, 5.74) is 2.65. The Bertz CT molecular complexity index is 758. The first kappa shape index (κ1) is 23.7. The van der Waals surface area contributed by atoms with Crippen LogP contribution in [0.25, 0.3) is 0 Å². The highest BCUT2D eigenvalue weighted by Crippen LogP contribution is 2.22. The van der Waals surface area contributed by atoms with Gasteiger partial charge in [0.2, 0.25) is 0 Å². The number of benzene rings is 2. The fourth-order valence-electron chi connectivity index (χ4n) is 2.54. The van der Waals surface area contributed by atoms with E-state index < -0.39 is 11.9 Å². The van der Waals surface area contributed by atoms with Crippen molar-refractivity contribution in [3.63, 3.8) is 0 Å². The molecule has 1 unspecified atom stereocenters. The number of thioether (sulfide) groups is 1. The second-order valence-corrected chi connectivity index (χ2v) is 6.78. The number of aliphatic hydroxyl groups is 1. The van der Waals surface area contributed by atoms with Crippen LogP contribution in [0.2, 0.25) is 0 Å². The predicted octanol–water partition coefficient (Wildman–Crippen LogP) is 4.26. The van der Waals surface area contributed by atoms with Crippen molar-refractivity contribution in [2.45, 2.75) is 31.4 Å². The zero-order chi connectivity index (χ0) is 18.9. The van der Waals surface area contributed by atoms with Gasteiger partial charge < -0.3 is 15.7 Å². The van der Waals surface area contributed by atoms with Gasteiger partial charge in [-0.25, -0.2) is 9.38 Å². The Morgan fingerprint density at radius 1 is 1.22 bits per heavy atom. The van der Waals surface area contributed by atoms with Crippen LogP contribution in [0, 0.1) is 12.7 Å². The minimum atomic E-state index is -0.943. The maximum absolute atomic E-state index is 13.8. The van der Waals surface area contributed by atoms with E-state index in [1.54, 1.807) is 30.0 Å². The maximum Gasteiger partial charge on any atom is 0.191 e. The molecule has 27 heavy (non-hydrogen) atoms. The number of aliphatic hydroxyl groups excluding tert-OH is 1. The molecule has 3 N–H and O–H groups in total. The summed E-state index contributed by atoms with van der Waals surface area (Å²) >= 11 is 1.70. The van der Waals surface area contributed by atoms with Crippen molar-refractivity contribution in [2.75, 3.05) is 19.3 Å². The third-order valence-electron chi connectivity index (χ3n) is 3.92. The number of rotatable bonds is 7. The van der Waals surface area contributed by atoms with Crippen molar-refractivity contribution in [3.8, 4) is 0 Å². The molecule has 0 aliphatic carbocycles. The smallest absolute Gasteiger partial charge is 0.191 e. The van der Waals surface area contributed by atoms with E-state index in [9.17, 15) is 9.50 Å². The van der Waals surface area contributed by atoms with Crippen molar-refractivity contribution >= 4 is 41.7 Å². The quantitative estimate of drug-likeness (QED) is 0.229. The lowest BCUT2D eigenvalue weighted by atomic mass is 10.1. The summed E-state index contributed by atoms with van der Waals surface area (Å²) in [4.78, 5) is 5.79. The summed E-state index contributed by atoms with van der Waals surface area (Å²) in [5.74, 6) is 0.184. The summed E-state index contributed by atoms with van der Waals surface area (Å²) in [6.07, 6.45) is 1.11.